The molecule has 0 bridgehead atoms. The topological polar surface area (TPSA) is 71.1 Å². The molecule has 20 heavy (non-hydrogen) atoms. The Morgan fingerprint density at radius 1 is 1.35 bits per heavy atom. The van der Waals surface area contributed by atoms with Crippen LogP contribution in [0.3, 0.4) is 0 Å². The minimum Gasteiger partial charge on any atom is -0.493 e. The molecule has 0 amide bonds. The van der Waals surface area contributed by atoms with Crippen molar-refractivity contribution in [1.29, 1.82) is 0 Å². The van der Waals surface area contributed by atoms with E-state index in [9.17, 15) is 9.59 Å². The second-order valence-electron chi connectivity index (χ2n) is 4.16. The molecule has 0 unspecified atom stereocenters. The first-order chi connectivity index (χ1) is 9.67. The standard InChI is InChI=1S/C14H16O6/c1-3-19-14(16)12(15)10-5-4-6-11(17-2)13(10)20-9-7-18-8-9/h4-6,9H,3,7-8H2,1-2H3. The first-order valence-electron chi connectivity index (χ1n) is 6.30. The number of para-hydroxylation sites is 1. The molecule has 1 aromatic carbocycles. The summed E-state index contributed by atoms with van der Waals surface area (Å²) in [6.07, 6.45) is -0.139. The van der Waals surface area contributed by atoms with Crippen molar-refractivity contribution in [2.45, 2.75) is 13.0 Å². The largest absolute Gasteiger partial charge is 0.493 e. The Balaban J connectivity index is 2.30. The molecule has 1 aromatic rings. The number of benzene rings is 1. The van der Waals surface area contributed by atoms with Crippen molar-refractivity contribution in [2.75, 3.05) is 26.9 Å². The summed E-state index contributed by atoms with van der Waals surface area (Å²) in [6, 6.07) is 4.79. The Labute approximate surface area is 116 Å². The third-order valence-corrected chi connectivity index (χ3v) is 2.80. The Morgan fingerprint density at radius 3 is 2.65 bits per heavy atom. The first kappa shape index (κ1) is 14.3. The molecule has 0 saturated carbocycles. The normalized spacial score (nSPS) is 14.3. The molecular weight excluding hydrogens is 264 g/mol. The van der Waals surface area contributed by atoms with Crippen molar-refractivity contribution >= 4 is 11.8 Å². The Bertz CT molecular complexity index is 506. The molecular formula is C14H16O6. The van der Waals surface area contributed by atoms with Crippen LogP contribution in [0.5, 0.6) is 11.5 Å². The van der Waals surface area contributed by atoms with Gasteiger partial charge >= 0.3 is 5.97 Å². The number of hydrogen-bond donors (Lipinski definition) is 0. The van der Waals surface area contributed by atoms with Crippen LogP contribution >= 0.6 is 0 Å². The highest BCUT2D eigenvalue weighted by Gasteiger charge is 2.28. The van der Waals surface area contributed by atoms with E-state index in [1.165, 1.54) is 13.2 Å². The SMILES string of the molecule is CCOC(=O)C(=O)c1cccc(OC)c1OC1COC1. The minimum atomic E-state index is -0.907. The van der Waals surface area contributed by atoms with E-state index in [0.717, 1.165) is 0 Å². The molecule has 0 atom stereocenters. The molecule has 6 nitrogen and oxygen atoms in total. The van der Waals surface area contributed by atoms with Gasteiger partial charge < -0.3 is 18.9 Å². The maximum Gasteiger partial charge on any atom is 0.379 e. The fourth-order valence-corrected chi connectivity index (χ4v) is 1.73. The van der Waals surface area contributed by atoms with E-state index in [4.69, 9.17) is 18.9 Å². The number of rotatable bonds is 6. The Kier molecular flexibility index (Phi) is 4.57. The van der Waals surface area contributed by atoms with Gasteiger partial charge in [-0.25, -0.2) is 4.79 Å². The predicted molar refractivity (Wildman–Crippen MR) is 69.2 cm³/mol. The summed E-state index contributed by atoms with van der Waals surface area (Å²) in [5.74, 6) is -1.01. The van der Waals surface area contributed by atoms with Crippen molar-refractivity contribution in [3.63, 3.8) is 0 Å². The van der Waals surface area contributed by atoms with Crippen LogP contribution in [0, 0.1) is 0 Å². The fraction of sp³-hybridized carbons (Fsp3) is 0.429. The van der Waals surface area contributed by atoms with E-state index in [1.807, 2.05) is 0 Å². The average Bonchev–Trinajstić information content (AvgIpc) is 2.42. The Hall–Kier alpha value is -2.08. The first-order valence-corrected chi connectivity index (χ1v) is 6.30. The monoisotopic (exact) mass is 280 g/mol. The number of methoxy groups -OCH3 is 1. The molecule has 0 N–H and O–H groups in total. The third kappa shape index (κ3) is 2.91. The van der Waals surface area contributed by atoms with Crippen LogP contribution < -0.4 is 9.47 Å². The summed E-state index contributed by atoms with van der Waals surface area (Å²) < 4.78 is 20.6. The maximum atomic E-state index is 12.1. The molecule has 1 heterocycles. The van der Waals surface area contributed by atoms with Crippen LogP contribution in [-0.2, 0) is 14.3 Å². The Morgan fingerprint density at radius 2 is 2.10 bits per heavy atom. The molecule has 0 radical (unpaired) electrons. The van der Waals surface area contributed by atoms with Gasteiger partial charge in [-0.3, -0.25) is 4.79 Å². The summed E-state index contributed by atoms with van der Waals surface area (Å²) in [4.78, 5) is 23.6. The van der Waals surface area contributed by atoms with Gasteiger partial charge in [-0.05, 0) is 19.1 Å². The van der Waals surface area contributed by atoms with Gasteiger partial charge in [0, 0.05) is 0 Å². The second kappa shape index (κ2) is 6.38. The summed E-state index contributed by atoms with van der Waals surface area (Å²) in [5, 5.41) is 0. The maximum absolute atomic E-state index is 12.1. The van der Waals surface area contributed by atoms with Gasteiger partial charge in [-0.1, -0.05) is 6.07 Å². The lowest BCUT2D eigenvalue weighted by atomic mass is 10.1. The highest BCUT2D eigenvalue weighted by Crippen LogP contribution is 2.33. The molecule has 108 valence electrons. The van der Waals surface area contributed by atoms with Crippen molar-refractivity contribution < 1.29 is 28.5 Å². The lowest BCUT2D eigenvalue weighted by Crippen LogP contribution is -2.39. The van der Waals surface area contributed by atoms with E-state index < -0.39 is 11.8 Å². The number of ether oxygens (including phenoxy) is 4. The van der Waals surface area contributed by atoms with Crippen molar-refractivity contribution in [2.24, 2.45) is 0 Å². The van der Waals surface area contributed by atoms with E-state index >= 15 is 0 Å². The van der Waals surface area contributed by atoms with Crippen LogP contribution in [0.25, 0.3) is 0 Å². The van der Waals surface area contributed by atoms with E-state index in [0.29, 0.717) is 19.0 Å². The number of ketones is 1. The highest BCUT2D eigenvalue weighted by molar-refractivity contribution is 6.41. The minimum absolute atomic E-state index is 0.134. The van der Waals surface area contributed by atoms with Gasteiger partial charge in [0.1, 0.15) is 6.10 Å². The highest BCUT2D eigenvalue weighted by atomic mass is 16.6. The number of esters is 1. The molecule has 0 spiro atoms. The van der Waals surface area contributed by atoms with Gasteiger partial charge in [0.25, 0.3) is 5.78 Å². The molecule has 1 aliphatic rings. The predicted octanol–water partition coefficient (Wildman–Crippen LogP) is 1.22. The van der Waals surface area contributed by atoms with E-state index in [1.54, 1.807) is 19.1 Å². The van der Waals surface area contributed by atoms with Crippen molar-refractivity contribution in [3.05, 3.63) is 23.8 Å². The molecule has 1 fully saturated rings. The summed E-state index contributed by atoms with van der Waals surface area (Å²) >= 11 is 0. The van der Waals surface area contributed by atoms with Crippen LogP contribution in [0.15, 0.2) is 18.2 Å². The van der Waals surface area contributed by atoms with Crippen molar-refractivity contribution in [3.8, 4) is 11.5 Å². The summed E-state index contributed by atoms with van der Waals surface area (Å²) in [5.41, 5.74) is 0.134. The molecule has 0 aromatic heterocycles. The fourth-order valence-electron chi connectivity index (χ4n) is 1.73. The second-order valence-corrected chi connectivity index (χ2v) is 4.16. The van der Waals surface area contributed by atoms with Crippen molar-refractivity contribution in [1.82, 2.24) is 0 Å². The summed E-state index contributed by atoms with van der Waals surface area (Å²) in [6.45, 7) is 2.68. The lowest BCUT2D eigenvalue weighted by Gasteiger charge is -2.28. The van der Waals surface area contributed by atoms with Gasteiger partial charge in [-0.15, -0.1) is 0 Å². The number of carbonyl (C=O) groups is 2. The average molecular weight is 280 g/mol. The zero-order valence-corrected chi connectivity index (χ0v) is 11.4. The molecule has 1 aliphatic heterocycles. The molecule has 2 rings (SSSR count). The van der Waals surface area contributed by atoms with Gasteiger partial charge in [-0.2, -0.15) is 0 Å². The molecule has 0 aliphatic carbocycles. The number of carbonyl (C=O) groups excluding carboxylic acids is 2. The zero-order chi connectivity index (χ0) is 14.5. The van der Waals surface area contributed by atoms with Gasteiger partial charge in [0.2, 0.25) is 0 Å². The third-order valence-electron chi connectivity index (χ3n) is 2.80. The number of Topliss-reactive ketones (excluding diaryl/α,β-unsaturated/α-hetero) is 1. The van der Waals surface area contributed by atoms with E-state index in [-0.39, 0.29) is 24.0 Å². The zero-order valence-electron chi connectivity index (χ0n) is 11.4. The van der Waals surface area contributed by atoms with Gasteiger partial charge in [0.15, 0.2) is 11.5 Å². The number of hydrogen-bond acceptors (Lipinski definition) is 6. The molecule has 1 saturated heterocycles. The van der Waals surface area contributed by atoms with Crippen LogP contribution in [0.2, 0.25) is 0 Å². The smallest absolute Gasteiger partial charge is 0.379 e. The van der Waals surface area contributed by atoms with E-state index in [2.05, 4.69) is 0 Å². The van der Waals surface area contributed by atoms with Crippen LogP contribution in [0.1, 0.15) is 17.3 Å². The summed E-state index contributed by atoms with van der Waals surface area (Å²) in [7, 11) is 1.47. The van der Waals surface area contributed by atoms with Gasteiger partial charge in [0.05, 0.1) is 32.5 Å². The molecule has 6 heteroatoms. The van der Waals surface area contributed by atoms with Crippen LogP contribution in [-0.4, -0.2) is 44.8 Å². The lowest BCUT2D eigenvalue weighted by molar-refractivity contribution is -0.137. The van der Waals surface area contributed by atoms with Crippen LogP contribution in [0.4, 0.5) is 0 Å². The quantitative estimate of drug-likeness (QED) is 0.443.